The molecule has 144 valence electrons. The number of rotatable bonds is 7. The second kappa shape index (κ2) is 9.16. The van der Waals surface area contributed by atoms with E-state index >= 15 is 0 Å². The Bertz CT molecular complexity index is 767. The minimum absolute atomic E-state index is 0.0151. The highest BCUT2D eigenvalue weighted by atomic mass is 16.3. The molecule has 1 aliphatic carbocycles. The van der Waals surface area contributed by atoms with Crippen LogP contribution < -0.4 is 0 Å². The van der Waals surface area contributed by atoms with Crippen molar-refractivity contribution in [1.82, 2.24) is 4.90 Å². The highest BCUT2D eigenvalue weighted by Crippen LogP contribution is 2.39. The van der Waals surface area contributed by atoms with Crippen molar-refractivity contribution in [3.63, 3.8) is 0 Å². The number of carbonyl (C=O) groups excluding carboxylic acids is 1. The smallest absolute Gasteiger partial charge is 0.193 e. The van der Waals surface area contributed by atoms with E-state index in [0.717, 1.165) is 24.0 Å². The summed E-state index contributed by atoms with van der Waals surface area (Å²) in [6.45, 7) is 1.09. The van der Waals surface area contributed by atoms with Gasteiger partial charge in [-0.05, 0) is 43.5 Å². The molecule has 3 rings (SSSR count). The zero-order valence-corrected chi connectivity index (χ0v) is 16.0. The molecular weight excluding hydrogens is 338 g/mol. The topological polar surface area (TPSA) is 60.8 Å². The Hall–Kier alpha value is -2.17. The summed E-state index contributed by atoms with van der Waals surface area (Å²) in [6.07, 6.45) is 5.69. The summed E-state index contributed by atoms with van der Waals surface area (Å²) in [5, 5.41) is 20.1. The number of ketones is 1. The van der Waals surface area contributed by atoms with Crippen LogP contribution >= 0.6 is 0 Å². The molecule has 2 aromatic rings. The van der Waals surface area contributed by atoms with Gasteiger partial charge in [0.05, 0.1) is 6.61 Å². The van der Waals surface area contributed by atoms with Gasteiger partial charge in [0.25, 0.3) is 0 Å². The van der Waals surface area contributed by atoms with Crippen molar-refractivity contribution in [3.05, 3.63) is 64.7 Å². The zero-order chi connectivity index (χ0) is 19.2. The first-order valence-corrected chi connectivity index (χ1v) is 9.85. The third-order valence-corrected chi connectivity index (χ3v) is 5.48. The highest BCUT2D eigenvalue weighted by molar-refractivity contribution is 6.09. The van der Waals surface area contributed by atoms with E-state index in [9.17, 15) is 15.0 Å². The summed E-state index contributed by atoms with van der Waals surface area (Å²) in [7, 11) is 1.90. The van der Waals surface area contributed by atoms with E-state index < -0.39 is 0 Å². The molecule has 2 N–H and O–H groups in total. The number of aliphatic hydroxyl groups excluding tert-OH is 1. The molecule has 0 radical (unpaired) electrons. The predicted molar refractivity (Wildman–Crippen MR) is 107 cm³/mol. The molecule has 0 aliphatic heterocycles. The third-order valence-electron chi connectivity index (χ3n) is 5.48. The molecule has 4 heteroatoms. The number of aliphatic hydroxyl groups is 1. The average Bonchev–Trinajstić information content (AvgIpc) is 2.70. The summed E-state index contributed by atoms with van der Waals surface area (Å²) < 4.78 is 0. The molecule has 0 spiro atoms. The fourth-order valence-electron chi connectivity index (χ4n) is 3.99. The largest absolute Gasteiger partial charge is 0.507 e. The molecule has 0 unspecified atom stereocenters. The minimum atomic E-state index is -0.0151. The summed E-state index contributed by atoms with van der Waals surface area (Å²) in [4.78, 5) is 15.0. The van der Waals surface area contributed by atoms with Crippen LogP contribution in [0.5, 0.6) is 5.75 Å². The molecule has 2 aromatic carbocycles. The van der Waals surface area contributed by atoms with Gasteiger partial charge in [0.15, 0.2) is 5.78 Å². The van der Waals surface area contributed by atoms with Gasteiger partial charge in [-0.15, -0.1) is 0 Å². The van der Waals surface area contributed by atoms with Gasteiger partial charge in [-0.25, -0.2) is 0 Å². The van der Waals surface area contributed by atoms with Crippen LogP contribution in [-0.2, 0) is 6.54 Å². The van der Waals surface area contributed by atoms with Crippen LogP contribution in [0.4, 0.5) is 0 Å². The Balaban J connectivity index is 2.00. The molecular formula is C23H29NO3. The molecule has 0 atom stereocenters. The van der Waals surface area contributed by atoms with Crippen molar-refractivity contribution < 1.29 is 15.0 Å². The fourth-order valence-corrected chi connectivity index (χ4v) is 3.99. The number of aromatic hydroxyl groups is 1. The first kappa shape index (κ1) is 19.6. The maximum absolute atomic E-state index is 13.0. The predicted octanol–water partition coefficient (Wildman–Crippen LogP) is 4.10. The van der Waals surface area contributed by atoms with E-state index in [4.69, 9.17) is 0 Å². The minimum Gasteiger partial charge on any atom is -0.507 e. The molecule has 4 nitrogen and oxygen atoms in total. The standard InChI is InChI=1S/C23H29NO3/c1-24(12-13-25)16-20-14-19(22(26)18-10-6-3-7-11-18)15-21(23(20)27)17-8-4-2-5-9-17/h3,6-7,10-11,14-15,17,25,27H,2,4-5,8-9,12-13,16H2,1H3. The van der Waals surface area contributed by atoms with Crippen molar-refractivity contribution in [2.24, 2.45) is 0 Å². The summed E-state index contributed by atoms with van der Waals surface area (Å²) in [5.74, 6) is 0.610. The lowest BCUT2D eigenvalue weighted by Gasteiger charge is -2.25. The number of likely N-dealkylation sites (N-methyl/N-ethyl adjacent to an activating group) is 1. The van der Waals surface area contributed by atoms with Gasteiger partial charge in [-0.2, -0.15) is 0 Å². The van der Waals surface area contributed by atoms with E-state index in [-0.39, 0.29) is 12.4 Å². The van der Waals surface area contributed by atoms with Crippen LogP contribution in [0.15, 0.2) is 42.5 Å². The molecule has 0 heterocycles. The molecule has 0 saturated heterocycles. The maximum Gasteiger partial charge on any atom is 0.193 e. The van der Waals surface area contributed by atoms with E-state index in [1.807, 2.05) is 54.4 Å². The molecule has 1 saturated carbocycles. The molecule has 0 amide bonds. The summed E-state index contributed by atoms with van der Waals surface area (Å²) >= 11 is 0. The van der Waals surface area contributed by atoms with Gasteiger partial charge in [-0.1, -0.05) is 49.6 Å². The third kappa shape index (κ3) is 4.76. The Morgan fingerprint density at radius 3 is 2.44 bits per heavy atom. The lowest BCUT2D eigenvalue weighted by molar-refractivity contribution is 0.103. The van der Waals surface area contributed by atoms with Crippen LogP contribution in [0.25, 0.3) is 0 Å². The van der Waals surface area contributed by atoms with E-state index in [0.29, 0.717) is 35.9 Å². The molecule has 0 aromatic heterocycles. The Morgan fingerprint density at radius 2 is 1.78 bits per heavy atom. The molecule has 0 bridgehead atoms. The van der Waals surface area contributed by atoms with Gasteiger partial charge in [-0.3, -0.25) is 9.69 Å². The number of carbonyl (C=O) groups is 1. The van der Waals surface area contributed by atoms with Crippen LogP contribution in [0, 0.1) is 0 Å². The second-order valence-electron chi connectivity index (χ2n) is 7.56. The number of hydrogen-bond acceptors (Lipinski definition) is 4. The number of phenols is 1. The quantitative estimate of drug-likeness (QED) is 0.724. The van der Waals surface area contributed by atoms with E-state index in [2.05, 4.69) is 0 Å². The van der Waals surface area contributed by atoms with Crippen LogP contribution in [0.2, 0.25) is 0 Å². The van der Waals surface area contributed by atoms with Crippen molar-refractivity contribution in [3.8, 4) is 5.75 Å². The van der Waals surface area contributed by atoms with Crippen LogP contribution in [-0.4, -0.2) is 41.1 Å². The lowest BCUT2D eigenvalue weighted by atomic mass is 9.81. The number of nitrogens with zero attached hydrogens (tertiary/aromatic N) is 1. The fraction of sp³-hybridized carbons (Fsp3) is 0.435. The summed E-state index contributed by atoms with van der Waals surface area (Å²) in [6, 6.07) is 13.0. The highest BCUT2D eigenvalue weighted by Gasteiger charge is 2.23. The van der Waals surface area contributed by atoms with E-state index in [1.165, 1.54) is 19.3 Å². The van der Waals surface area contributed by atoms with Gasteiger partial charge in [0, 0.05) is 29.8 Å². The SMILES string of the molecule is CN(CCO)Cc1cc(C(=O)c2ccccc2)cc(C2CCCCC2)c1O. The van der Waals surface area contributed by atoms with Crippen molar-refractivity contribution in [1.29, 1.82) is 0 Å². The van der Waals surface area contributed by atoms with Crippen molar-refractivity contribution in [2.45, 2.75) is 44.6 Å². The van der Waals surface area contributed by atoms with Gasteiger partial charge < -0.3 is 10.2 Å². The number of phenolic OH excluding ortho intramolecular Hbond substituents is 1. The summed E-state index contributed by atoms with van der Waals surface area (Å²) in [5.41, 5.74) is 2.96. The first-order valence-electron chi connectivity index (χ1n) is 9.85. The first-order chi connectivity index (χ1) is 13.1. The Labute approximate surface area is 161 Å². The van der Waals surface area contributed by atoms with Crippen LogP contribution in [0.3, 0.4) is 0 Å². The number of hydrogen-bond donors (Lipinski definition) is 2. The van der Waals surface area contributed by atoms with Crippen molar-refractivity contribution >= 4 is 5.78 Å². The van der Waals surface area contributed by atoms with Crippen LogP contribution in [0.1, 0.15) is 65.1 Å². The Morgan fingerprint density at radius 1 is 1.07 bits per heavy atom. The normalized spacial score (nSPS) is 15.2. The molecule has 27 heavy (non-hydrogen) atoms. The monoisotopic (exact) mass is 367 g/mol. The number of benzene rings is 2. The maximum atomic E-state index is 13.0. The van der Waals surface area contributed by atoms with Crippen molar-refractivity contribution in [2.75, 3.05) is 20.2 Å². The zero-order valence-electron chi connectivity index (χ0n) is 16.0. The van der Waals surface area contributed by atoms with Gasteiger partial charge >= 0.3 is 0 Å². The lowest BCUT2D eigenvalue weighted by Crippen LogP contribution is -2.22. The van der Waals surface area contributed by atoms with Gasteiger partial charge in [0.2, 0.25) is 0 Å². The van der Waals surface area contributed by atoms with Gasteiger partial charge in [0.1, 0.15) is 5.75 Å². The average molecular weight is 367 g/mol. The Kier molecular flexibility index (Phi) is 6.64. The van der Waals surface area contributed by atoms with E-state index in [1.54, 1.807) is 0 Å². The molecule has 1 fully saturated rings. The second-order valence-corrected chi connectivity index (χ2v) is 7.56. The molecule has 1 aliphatic rings.